The number of aryl methyl sites for hydroxylation is 4. The second-order valence-electron chi connectivity index (χ2n) is 8.50. The van der Waals surface area contributed by atoms with Crippen LogP contribution in [0.15, 0.2) is 109 Å². The molecule has 0 radical (unpaired) electrons. The molecule has 0 amide bonds. The van der Waals surface area contributed by atoms with Crippen molar-refractivity contribution in [2.45, 2.75) is 38.8 Å². The Bertz CT molecular complexity index is 1220. The van der Waals surface area contributed by atoms with Crippen molar-refractivity contribution in [3.8, 4) is 0 Å². The number of pyridine rings is 2. The van der Waals surface area contributed by atoms with Gasteiger partial charge in [-0.05, 0) is 48.2 Å². The summed E-state index contributed by atoms with van der Waals surface area (Å²) in [5.41, 5.74) is 5.62. The predicted octanol–water partition coefficient (Wildman–Crippen LogP) is 5.83. The number of rotatable bonds is 8. The van der Waals surface area contributed by atoms with E-state index in [9.17, 15) is 0 Å². The van der Waals surface area contributed by atoms with E-state index in [1.807, 2.05) is 0 Å². The van der Waals surface area contributed by atoms with Crippen molar-refractivity contribution >= 4 is 21.8 Å². The summed E-state index contributed by atoms with van der Waals surface area (Å²) in [7, 11) is 0. The topological polar surface area (TPSA) is 7.76 Å². The lowest BCUT2D eigenvalue weighted by Crippen LogP contribution is -2.34. The monoisotopic (exact) mass is 418 g/mol. The minimum atomic E-state index is 1.04. The second kappa shape index (κ2) is 9.74. The van der Waals surface area contributed by atoms with E-state index in [4.69, 9.17) is 0 Å². The fourth-order valence-corrected chi connectivity index (χ4v) is 4.76. The van der Waals surface area contributed by atoms with Crippen molar-refractivity contribution in [3.05, 3.63) is 121 Å². The summed E-state index contributed by atoms with van der Waals surface area (Å²) in [5, 5.41) is 2.61. The van der Waals surface area contributed by atoms with Crippen molar-refractivity contribution in [3.63, 3.8) is 0 Å². The van der Waals surface area contributed by atoms with Gasteiger partial charge in [0.2, 0.25) is 11.0 Å². The van der Waals surface area contributed by atoms with E-state index >= 15 is 0 Å². The molecule has 0 aliphatic heterocycles. The Balaban J connectivity index is 1.22. The van der Waals surface area contributed by atoms with E-state index in [0.29, 0.717) is 0 Å². The average Bonchev–Trinajstić information content (AvgIpc) is 2.85. The average molecular weight is 419 g/mol. The highest BCUT2D eigenvalue weighted by molar-refractivity contribution is 5.75. The zero-order chi connectivity index (χ0) is 21.6. The van der Waals surface area contributed by atoms with Crippen LogP contribution in [0.1, 0.15) is 24.0 Å². The third kappa shape index (κ3) is 4.55. The molecule has 158 valence electrons. The first-order valence-electron chi connectivity index (χ1n) is 11.7. The van der Waals surface area contributed by atoms with E-state index in [2.05, 4.69) is 119 Å². The lowest BCUT2D eigenvalue weighted by molar-refractivity contribution is -0.672. The number of hydrogen-bond acceptors (Lipinski definition) is 0. The predicted molar refractivity (Wildman–Crippen MR) is 131 cm³/mol. The molecular formula is C30H30N2+2. The van der Waals surface area contributed by atoms with E-state index in [1.165, 1.54) is 32.9 Å². The zero-order valence-corrected chi connectivity index (χ0v) is 18.5. The zero-order valence-electron chi connectivity index (χ0n) is 18.5. The Morgan fingerprint density at radius 3 is 1.34 bits per heavy atom. The molecule has 5 aromatic rings. The molecule has 0 bridgehead atoms. The van der Waals surface area contributed by atoms with Crippen molar-refractivity contribution in [1.29, 1.82) is 0 Å². The minimum absolute atomic E-state index is 1.04. The third-order valence-electron chi connectivity index (χ3n) is 6.38. The first kappa shape index (κ1) is 20.4. The first-order valence-corrected chi connectivity index (χ1v) is 11.7. The molecule has 0 saturated carbocycles. The van der Waals surface area contributed by atoms with Gasteiger partial charge in [-0.1, -0.05) is 48.5 Å². The number of hydrogen-bond donors (Lipinski definition) is 0. The van der Waals surface area contributed by atoms with Crippen LogP contribution in [0.25, 0.3) is 21.8 Å². The summed E-state index contributed by atoms with van der Waals surface area (Å²) >= 11 is 0. The normalized spacial score (nSPS) is 11.2. The molecule has 0 atom stereocenters. The standard InChI is InChI=1S/C30H30N2/c1-2-12-26(16-8-22-32-24-10-18-28-14-4-6-20-30(28)32)25(11-1)15-7-21-31-23-9-17-27-13-3-5-19-29(27)31/h1-6,9-14,17-20,23-24H,7-8,15-16,21-22H2/q+2. The quantitative estimate of drug-likeness (QED) is 0.280. The van der Waals surface area contributed by atoms with Crippen LogP contribution in [0.4, 0.5) is 0 Å². The van der Waals surface area contributed by atoms with Crippen LogP contribution in [-0.4, -0.2) is 0 Å². The van der Waals surface area contributed by atoms with Crippen molar-refractivity contribution in [1.82, 2.24) is 0 Å². The molecule has 0 aliphatic carbocycles. The summed E-state index contributed by atoms with van der Waals surface area (Å²) in [4.78, 5) is 0. The Morgan fingerprint density at radius 1 is 0.438 bits per heavy atom. The van der Waals surface area contributed by atoms with Gasteiger partial charge in [-0.3, -0.25) is 0 Å². The molecule has 32 heavy (non-hydrogen) atoms. The highest BCUT2D eigenvalue weighted by atomic mass is 14.9. The fourth-order valence-electron chi connectivity index (χ4n) is 4.76. The van der Waals surface area contributed by atoms with E-state index in [1.54, 1.807) is 0 Å². The van der Waals surface area contributed by atoms with Crippen LogP contribution in [0.2, 0.25) is 0 Å². The third-order valence-corrected chi connectivity index (χ3v) is 6.38. The van der Waals surface area contributed by atoms with Crippen molar-refractivity contribution in [2.75, 3.05) is 0 Å². The van der Waals surface area contributed by atoms with Gasteiger partial charge < -0.3 is 0 Å². The maximum absolute atomic E-state index is 2.38. The molecule has 0 N–H and O–H groups in total. The summed E-state index contributed by atoms with van der Waals surface area (Å²) in [5.74, 6) is 0. The molecule has 2 aromatic heterocycles. The molecule has 0 unspecified atom stereocenters. The number of nitrogens with zero attached hydrogens (tertiary/aromatic N) is 2. The van der Waals surface area contributed by atoms with Gasteiger partial charge in [-0.15, -0.1) is 0 Å². The Morgan fingerprint density at radius 2 is 0.844 bits per heavy atom. The number of para-hydroxylation sites is 2. The SMILES string of the molecule is c1ccc(CCC[n+]2cccc3ccccc32)c(CCC[n+]2cccc3ccccc32)c1. The summed E-state index contributed by atoms with van der Waals surface area (Å²) in [6.07, 6.45) is 8.94. The van der Waals surface area contributed by atoms with Crippen LogP contribution in [0.3, 0.4) is 0 Å². The van der Waals surface area contributed by atoms with Gasteiger partial charge in [-0.2, -0.15) is 9.13 Å². The van der Waals surface area contributed by atoms with Crippen molar-refractivity contribution < 1.29 is 9.13 Å². The van der Waals surface area contributed by atoms with Gasteiger partial charge in [0, 0.05) is 47.9 Å². The van der Waals surface area contributed by atoms with Crippen LogP contribution in [0.5, 0.6) is 0 Å². The Kier molecular flexibility index (Phi) is 6.20. The highest BCUT2D eigenvalue weighted by Crippen LogP contribution is 2.15. The molecule has 2 heterocycles. The fraction of sp³-hybridized carbons (Fsp3) is 0.200. The van der Waals surface area contributed by atoms with Gasteiger partial charge in [0.15, 0.2) is 12.4 Å². The van der Waals surface area contributed by atoms with E-state index in [-0.39, 0.29) is 0 Å². The maximum atomic E-state index is 2.38. The van der Waals surface area contributed by atoms with Gasteiger partial charge in [0.1, 0.15) is 13.1 Å². The molecule has 0 saturated heterocycles. The molecule has 0 aliphatic rings. The molecule has 0 fully saturated rings. The van der Waals surface area contributed by atoms with Crippen molar-refractivity contribution in [2.24, 2.45) is 0 Å². The summed E-state index contributed by atoms with van der Waals surface area (Å²) in [6.45, 7) is 2.09. The van der Waals surface area contributed by atoms with Gasteiger partial charge >= 0.3 is 0 Å². The number of fused-ring (bicyclic) bond motifs is 2. The van der Waals surface area contributed by atoms with Gasteiger partial charge in [0.25, 0.3) is 0 Å². The molecule has 3 aromatic carbocycles. The number of benzene rings is 3. The lowest BCUT2D eigenvalue weighted by Gasteiger charge is -2.09. The molecule has 2 nitrogen and oxygen atoms in total. The highest BCUT2D eigenvalue weighted by Gasteiger charge is 2.10. The minimum Gasteiger partial charge on any atom is -0.198 e. The molecular weight excluding hydrogens is 388 g/mol. The summed E-state index contributed by atoms with van der Waals surface area (Å²) in [6, 6.07) is 35.0. The number of aromatic nitrogens is 2. The largest absolute Gasteiger partial charge is 0.212 e. The smallest absolute Gasteiger partial charge is 0.198 e. The van der Waals surface area contributed by atoms with Crippen LogP contribution in [-0.2, 0) is 25.9 Å². The van der Waals surface area contributed by atoms with Gasteiger partial charge in [-0.25, -0.2) is 0 Å². The Hall–Kier alpha value is -3.52. The van der Waals surface area contributed by atoms with Crippen LogP contribution >= 0.6 is 0 Å². The molecule has 0 spiro atoms. The molecule has 5 rings (SSSR count). The molecule has 2 heteroatoms. The van der Waals surface area contributed by atoms with Gasteiger partial charge in [0.05, 0.1) is 0 Å². The van der Waals surface area contributed by atoms with Crippen LogP contribution < -0.4 is 9.13 Å². The van der Waals surface area contributed by atoms with E-state index < -0.39 is 0 Å². The maximum Gasteiger partial charge on any atom is 0.212 e. The first-order chi connectivity index (χ1) is 15.9. The van der Waals surface area contributed by atoms with Crippen LogP contribution in [0, 0.1) is 0 Å². The second-order valence-corrected chi connectivity index (χ2v) is 8.50. The van der Waals surface area contributed by atoms with E-state index in [0.717, 1.165) is 38.8 Å². The summed E-state index contributed by atoms with van der Waals surface area (Å²) < 4.78 is 4.77. The lowest BCUT2D eigenvalue weighted by atomic mass is 9.99. The Labute approximate surface area is 190 Å².